The van der Waals surface area contributed by atoms with E-state index in [9.17, 15) is 4.79 Å². The number of nitrogens with one attached hydrogen (secondary N) is 1. The number of rotatable bonds is 8. The first kappa shape index (κ1) is 21.7. The smallest absolute Gasteiger partial charge is 0.246 e. The fraction of sp³-hybridized carbons (Fsp3) is 0.269. The van der Waals surface area contributed by atoms with Gasteiger partial charge in [0.2, 0.25) is 5.91 Å². The minimum absolute atomic E-state index is 0.122. The topological polar surface area (TPSA) is 60.0 Å². The van der Waals surface area contributed by atoms with Crippen LogP contribution in [0.4, 0.5) is 5.69 Å². The zero-order valence-electron chi connectivity index (χ0n) is 18.4. The Labute approximate surface area is 188 Å². The molecule has 0 radical (unpaired) electrons. The van der Waals surface area contributed by atoms with Crippen LogP contribution in [-0.4, -0.2) is 37.7 Å². The molecular formula is C26H28N2O4. The molecule has 0 aromatic heterocycles. The van der Waals surface area contributed by atoms with Crippen LogP contribution in [0.1, 0.15) is 24.1 Å². The number of benzene rings is 3. The minimum atomic E-state index is -0.487. The Morgan fingerprint density at radius 1 is 1.00 bits per heavy atom. The predicted octanol–water partition coefficient (Wildman–Crippen LogP) is 4.67. The van der Waals surface area contributed by atoms with Gasteiger partial charge in [0.15, 0.2) is 11.5 Å². The Kier molecular flexibility index (Phi) is 6.92. The molecule has 1 aliphatic heterocycles. The van der Waals surface area contributed by atoms with E-state index in [-0.39, 0.29) is 5.91 Å². The van der Waals surface area contributed by atoms with Gasteiger partial charge < -0.3 is 19.5 Å². The summed E-state index contributed by atoms with van der Waals surface area (Å²) in [6, 6.07) is 22.7. The van der Waals surface area contributed by atoms with Crippen LogP contribution >= 0.6 is 0 Å². The lowest BCUT2D eigenvalue weighted by Gasteiger charge is -2.28. The molecule has 0 fully saturated rings. The fourth-order valence-corrected chi connectivity index (χ4v) is 3.86. The first-order valence-electron chi connectivity index (χ1n) is 10.8. The van der Waals surface area contributed by atoms with E-state index in [4.69, 9.17) is 14.2 Å². The van der Waals surface area contributed by atoms with Crippen LogP contribution < -0.4 is 19.5 Å². The molecule has 1 aliphatic rings. The van der Waals surface area contributed by atoms with E-state index in [2.05, 4.69) is 5.32 Å². The van der Waals surface area contributed by atoms with E-state index in [1.165, 1.54) is 0 Å². The van der Waals surface area contributed by atoms with Crippen molar-refractivity contribution in [3.8, 4) is 17.2 Å². The first-order chi connectivity index (χ1) is 15.7. The summed E-state index contributed by atoms with van der Waals surface area (Å²) in [5.74, 6) is 2.04. The molecule has 3 aromatic carbocycles. The second-order valence-electron chi connectivity index (χ2n) is 7.62. The Hall–Kier alpha value is -3.51. The van der Waals surface area contributed by atoms with Crippen molar-refractivity contribution in [1.82, 2.24) is 4.90 Å². The van der Waals surface area contributed by atoms with E-state index in [0.717, 1.165) is 22.6 Å². The van der Waals surface area contributed by atoms with Crippen molar-refractivity contribution in [1.29, 1.82) is 0 Å². The second-order valence-corrected chi connectivity index (χ2v) is 7.62. The number of fused-ring (bicyclic) bond motifs is 1. The molecule has 1 heterocycles. The lowest BCUT2D eigenvalue weighted by atomic mass is 10.0. The van der Waals surface area contributed by atoms with Gasteiger partial charge in [-0.05, 0) is 49.4 Å². The van der Waals surface area contributed by atoms with Crippen LogP contribution in [0.2, 0.25) is 0 Å². The zero-order valence-corrected chi connectivity index (χ0v) is 18.4. The highest BCUT2D eigenvalue weighted by Gasteiger charge is 2.26. The van der Waals surface area contributed by atoms with Gasteiger partial charge in [-0.2, -0.15) is 0 Å². The third kappa shape index (κ3) is 5.03. The molecule has 0 saturated carbocycles. The van der Waals surface area contributed by atoms with Crippen molar-refractivity contribution in [2.45, 2.75) is 19.5 Å². The van der Waals surface area contributed by atoms with Crippen molar-refractivity contribution >= 4 is 11.6 Å². The van der Waals surface area contributed by atoms with Crippen molar-refractivity contribution in [2.75, 3.05) is 32.2 Å². The molecule has 0 aliphatic carbocycles. The average molecular weight is 433 g/mol. The SMILES string of the molecule is CCOc1ccccc1NC(=O)C(c1ccccc1)N(C)Cc1ccc2c(c1)OCCO2. The maximum atomic E-state index is 13.5. The fourth-order valence-electron chi connectivity index (χ4n) is 3.86. The Balaban J connectivity index is 1.57. The zero-order chi connectivity index (χ0) is 22.3. The van der Waals surface area contributed by atoms with Crippen LogP contribution in [0.5, 0.6) is 17.2 Å². The van der Waals surface area contributed by atoms with E-state index < -0.39 is 6.04 Å². The van der Waals surface area contributed by atoms with Crippen LogP contribution in [0, 0.1) is 0 Å². The van der Waals surface area contributed by atoms with Crippen LogP contribution in [-0.2, 0) is 11.3 Å². The van der Waals surface area contributed by atoms with Crippen LogP contribution in [0.3, 0.4) is 0 Å². The molecule has 1 amide bonds. The molecule has 6 nitrogen and oxygen atoms in total. The summed E-state index contributed by atoms with van der Waals surface area (Å²) in [7, 11) is 1.95. The summed E-state index contributed by atoms with van der Waals surface area (Å²) in [5.41, 5.74) is 2.62. The monoisotopic (exact) mass is 432 g/mol. The number of carbonyl (C=O) groups is 1. The van der Waals surface area contributed by atoms with Crippen molar-refractivity contribution in [3.05, 3.63) is 83.9 Å². The normalized spacial score (nSPS) is 13.5. The third-order valence-corrected chi connectivity index (χ3v) is 5.29. The standard InChI is InChI=1S/C26H28N2O4/c1-3-30-22-12-8-7-11-21(22)27-26(29)25(20-9-5-4-6-10-20)28(2)18-19-13-14-23-24(17-19)32-16-15-31-23/h4-14,17,25H,3,15-16,18H2,1-2H3,(H,27,29). The molecule has 3 aromatic rings. The highest BCUT2D eigenvalue weighted by atomic mass is 16.6. The largest absolute Gasteiger partial charge is 0.492 e. The van der Waals surface area contributed by atoms with Gasteiger partial charge in [0.1, 0.15) is 25.0 Å². The van der Waals surface area contributed by atoms with Crippen molar-refractivity contribution in [2.24, 2.45) is 0 Å². The molecule has 1 unspecified atom stereocenters. The van der Waals surface area contributed by atoms with Gasteiger partial charge in [0, 0.05) is 6.54 Å². The summed E-state index contributed by atoms with van der Waals surface area (Å²) in [6.45, 7) is 4.12. The summed E-state index contributed by atoms with van der Waals surface area (Å²) in [5, 5.41) is 3.06. The van der Waals surface area contributed by atoms with Gasteiger partial charge in [-0.3, -0.25) is 9.69 Å². The van der Waals surface area contributed by atoms with Gasteiger partial charge >= 0.3 is 0 Å². The van der Waals surface area contributed by atoms with E-state index in [1.807, 2.05) is 91.7 Å². The van der Waals surface area contributed by atoms with Gasteiger partial charge in [0.25, 0.3) is 0 Å². The molecule has 1 atom stereocenters. The van der Waals surface area contributed by atoms with Gasteiger partial charge in [-0.25, -0.2) is 0 Å². The highest BCUT2D eigenvalue weighted by Crippen LogP contribution is 2.32. The van der Waals surface area contributed by atoms with E-state index >= 15 is 0 Å². The molecule has 166 valence electrons. The number of hydrogen-bond donors (Lipinski definition) is 1. The number of para-hydroxylation sites is 2. The first-order valence-corrected chi connectivity index (χ1v) is 10.8. The molecular weight excluding hydrogens is 404 g/mol. The number of anilines is 1. The summed E-state index contributed by atoms with van der Waals surface area (Å²) in [4.78, 5) is 15.5. The van der Waals surface area contributed by atoms with Crippen molar-refractivity contribution < 1.29 is 19.0 Å². The van der Waals surface area contributed by atoms with Gasteiger partial charge in [-0.15, -0.1) is 0 Å². The molecule has 0 bridgehead atoms. The lowest BCUT2D eigenvalue weighted by Crippen LogP contribution is -2.34. The van der Waals surface area contributed by atoms with E-state index in [1.54, 1.807) is 0 Å². The minimum Gasteiger partial charge on any atom is -0.492 e. The van der Waals surface area contributed by atoms with Gasteiger partial charge in [-0.1, -0.05) is 48.5 Å². The van der Waals surface area contributed by atoms with Crippen molar-refractivity contribution in [3.63, 3.8) is 0 Å². The number of ether oxygens (including phenoxy) is 3. The van der Waals surface area contributed by atoms with Gasteiger partial charge in [0.05, 0.1) is 12.3 Å². The number of carbonyl (C=O) groups excluding carboxylic acids is 1. The number of amides is 1. The lowest BCUT2D eigenvalue weighted by molar-refractivity contribution is -0.121. The molecule has 6 heteroatoms. The van der Waals surface area contributed by atoms with Crippen LogP contribution in [0.15, 0.2) is 72.8 Å². The molecule has 1 N–H and O–H groups in total. The molecule has 32 heavy (non-hydrogen) atoms. The average Bonchev–Trinajstić information content (AvgIpc) is 2.81. The number of likely N-dealkylation sites (N-methyl/N-ethyl adjacent to an activating group) is 1. The predicted molar refractivity (Wildman–Crippen MR) is 124 cm³/mol. The van der Waals surface area contributed by atoms with E-state index in [0.29, 0.717) is 37.8 Å². The Morgan fingerprint density at radius 3 is 2.50 bits per heavy atom. The Bertz CT molecular complexity index is 1050. The second kappa shape index (κ2) is 10.2. The molecule has 4 rings (SSSR count). The maximum Gasteiger partial charge on any atom is 0.246 e. The highest BCUT2D eigenvalue weighted by molar-refractivity contribution is 5.96. The Morgan fingerprint density at radius 2 is 1.72 bits per heavy atom. The quantitative estimate of drug-likeness (QED) is 0.561. The molecule has 0 saturated heterocycles. The summed E-state index contributed by atoms with van der Waals surface area (Å²) in [6.07, 6.45) is 0. The maximum absolute atomic E-state index is 13.5. The summed E-state index contributed by atoms with van der Waals surface area (Å²) < 4.78 is 17.0. The third-order valence-electron chi connectivity index (χ3n) is 5.29. The number of nitrogens with zero attached hydrogens (tertiary/aromatic N) is 1. The number of hydrogen-bond acceptors (Lipinski definition) is 5. The summed E-state index contributed by atoms with van der Waals surface area (Å²) >= 11 is 0. The van der Waals surface area contributed by atoms with Crippen LogP contribution in [0.25, 0.3) is 0 Å². The molecule has 0 spiro atoms.